The van der Waals surface area contributed by atoms with Crippen molar-refractivity contribution in [3.8, 4) is 67.5 Å². The minimum absolute atomic E-state index is 0.0763. The first-order chi connectivity index (χ1) is 67.6. The number of hydrogen-bond acceptors (Lipinski definition) is 6. The van der Waals surface area contributed by atoms with Crippen molar-refractivity contribution in [2.45, 2.75) is 216 Å². The normalized spacial score (nSPS) is 11.6. The highest BCUT2D eigenvalue weighted by atomic mass is 19.4. The third kappa shape index (κ3) is 25.0. The average molecular weight is 1930 g/mol. The predicted molar refractivity (Wildman–Crippen MR) is 574 cm³/mol. The quantitative estimate of drug-likeness (QED) is 0.0706. The first-order valence-electron chi connectivity index (χ1n) is 49.9. The van der Waals surface area contributed by atoms with E-state index >= 15 is 0 Å². The predicted octanol–water partition coefficient (Wildman–Crippen LogP) is 28.4. The summed E-state index contributed by atoms with van der Waals surface area (Å²) in [6, 6.07) is 66.5. The van der Waals surface area contributed by atoms with Crippen LogP contribution in [0, 0.1) is 117 Å². The van der Waals surface area contributed by atoms with Gasteiger partial charge in [-0.1, -0.05) is 160 Å². The van der Waals surface area contributed by atoms with Gasteiger partial charge in [-0.05, 0) is 391 Å². The van der Waals surface area contributed by atoms with Crippen LogP contribution in [-0.2, 0) is 74.4 Å². The van der Waals surface area contributed by atoms with E-state index in [0.29, 0.717) is 22.9 Å². The Morgan fingerprint density at radius 2 is 0.538 bits per heavy atom. The summed E-state index contributed by atoms with van der Waals surface area (Å²) in [4.78, 5) is 27.5. The van der Waals surface area contributed by atoms with Gasteiger partial charge in [-0.2, -0.15) is 13.2 Å². The maximum atomic E-state index is 13.5. The van der Waals surface area contributed by atoms with Gasteiger partial charge in [-0.25, -0.2) is 40.6 Å². The molecule has 0 unspecified atom stereocenters. The standard InChI is InChI=1S/C23H26F3N2.C21H24FN2.2C21H25N2.C20H22FN2.C19H20FN2/c1-14-9-15(2)16(3)19(10-14)21-18-8-7-17(11-20(18)27-13-28(21)6)12-22(4,5)23(24,25)26;1-14-10-16(22)7-9-17(14)20-18-8-6-15(12-21(2,3)4)11-19(18)23-13-24(20)5;2*1-6-7-17-8-9-18-20(12-17)22-13-23(5)21(18)19-11-14(2)10-15(3)16(19)4;1-13(2)9-15-5-7-18-19(11-15)22-12-23(4)20(18)17-8-6-16(21)10-14(17)3;1-12(2)14-5-7-17-18(10-14)21-11-22(4)19(17)16-8-6-15(20)9-13(16)3/h7-11,13H,12H2,1-6H3;6-11,13H,12H2,1-5H3;2*8-13H,6-7H2,1-5H3;5-8,10-13H,9H2,1-4H3;5-12H,1-4H3/q6*+1. The van der Waals surface area contributed by atoms with Crippen LogP contribution in [0.1, 0.15) is 195 Å². The lowest BCUT2D eigenvalue weighted by Gasteiger charge is -2.27. The smallest absolute Gasteiger partial charge is 0.232 e. The number of alkyl halides is 3. The highest BCUT2D eigenvalue weighted by Crippen LogP contribution is 2.43. The molecule has 6 heterocycles. The molecule has 12 nitrogen and oxygen atoms in total. The number of rotatable bonds is 16. The van der Waals surface area contributed by atoms with E-state index in [0.717, 1.165) is 149 Å². The lowest BCUT2D eigenvalue weighted by Crippen LogP contribution is -2.34. The van der Waals surface area contributed by atoms with Crippen LogP contribution < -0.4 is 27.4 Å². The van der Waals surface area contributed by atoms with Gasteiger partial charge >= 0.3 is 6.18 Å². The lowest BCUT2D eigenvalue weighted by molar-refractivity contribution is -0.662. The zero-order valence-corrected chi connectivity index (χ0v) is 89.3. The van der Waals surface area contributed by atoms with Gasteiger partial charge in [0.2, 0.25) is 0 Å². The number of halogens is 6. The number of fused-ring (bicyclic) bond motifs is 6. The minimum atomic E-state index is -4.25. The molecule has 143 heavy (non-hydrogen) atoms. The van der Waals surface area contributed by atoms with E-state index in [4.69, 9.17) is 0 Å². The molecule has 0 saturated carbocycles. The Hall–Kier alpha value is -13.7. The van der Waals surface area contributed by atoms with E-state index in [2.05, 4.69) is 305 Å². The first-order valence-corrected chi connectivity index (χ1v) is 49.9. The Labute approximate surface area is 842 Å². The zero-order valence-electron chi connectivity index (χ0n) is 89.3. The van der Waals surface area contributed by atoms with E-state index in [-0.39, 0.29) is 29.3 Å². The zero-order chi connectivity index (χ0) is 104. The number of benzene rings is 12. The molecular weight excluding hydrogens is 1780 g/mol. The molecular formula is C125H142F6N12+6. The molecule has 0 aliphatic carbocycles. The molecule has 0 fully saturated rings. The van der Waals surface area contributed by atoms with Gasteiger partial charge in [-0.3, -0.25) is 0 Å². The maximum absolute atomic E-state index is 13.5. The Morgan fingerprint density at radius 3 is 0.811 bits per heavy atom. The molecule has 0 spiro atoms. The fraction of sp³-hybridized carbons (Fsp3) is 0.328. The van der Waals surface area contributed by atoms with Crippen molar-refractivity contribution in [2.24, 2.45) is 59.0 Å². The first kappa shape index (κ1) is 107. The summed E-state index contributed by atoms with van der Waals surface area (Å²) in [5.41, 5.74) is 39.4. The van der Waals surface area contributed by atoms with Crippen LogP contribution in [0.3, 0.4) is 0 Å². The van der Waals surface area contributed by atoms with Crippen LogP contribution in [0.25, 0.3) is 133 Å². The largest absolute Gasteiger partial charge is 0.394 e. The van der Waals surface area contributed by atoms with Gasteiger partial charge in [-0.15, -0.1) is 0 Å². The molecule has 738 valence electrons. The molecule has 6 aromatic heterocycles. The molecule has 0 saturated heterocycles. The number of nitrogens with zero attached hydrogens (tertiary/aromatic N) is 12. The van der Waals surface area contributed by atoms with Crippen LogP contribution in [0.2, 0.25) is 0 Å². The van der Waals surface area contributed by atoms with Gasteiger partial charge in [0, 0.05) is 33.4 Å². The van der Waals surface area contributed by atoms with Crippen molar-refractivity contribution in [1.82, 2.24) is 29.9 Å². The summed E-state index contributed by atoms with van der Waals surface area (Å²) in [6.07, 6.45) is 13.4. The fourth-order valence-electron chi connectivity index (χ4n) is 19.5. The highest BCUT2D eigenvalue weighted by Gasteiger charge is 2.47. The van der Waals surface area contributed by atoms with Gasteiger partial charge < -0.3 is 0 Å². The number of hydrogen-bond donors (Lipinski definition) is 0. The summed E-state index contributed by atoms with van der Waals surface area (Å²) in [7, 11) is 12.0. The molecule has 0 radical (unpaired) electrons. The van der Waals surface area contributed by atoms with Crippen molar-refractivity contribution in [3.05, 3.63) is 356 Å². The Bertz CT molecular complexity index is 7650. The second-order valence-electron chi connectivity index (χ2n) is 41.9. The molecule has 0 atom stereocenters. The average Bonchev–Trinajstić information content (AvgIpc) is 0.769. The van der Waals surface area contributed by atoms with Crippen molar-refractivity contribution in [3.63, 3.8) is 0 Å². The van der Waals surface area contributed by atoms with Crippen LogP contribution in [0.4, 0.5) is 26.3 Å². The van der Waals surface area contributed by atoms with E-state index < -0.39 is 11.6 Å². The van der Waals surface area contributed by atoms with Crippen molar-refractivity contribution in [1.29, 1.82) is 0 Å². The number of aromatic nitrogens is 12. The maximum Gasteiger partial charge on any atom is 0.394 e. The van der Waals surface area contributed by atoms with E-state index in [1.54, 1.807) is 36.7 Å². The third-order valence-electron chi connectivity index (χ3n) is 27.3. The van der Waals surface area contributed by atoms with Crippen molar-refractivity contribution >= 4 is 65.4 Å². The second-order valence-corrected chi connectivity index (χ2v) is 41.9. The van der Waals surface area contributed by atoms with Crippen LogP contribution in [-0.4, -0.2) is 36.1 Å². The fourth-order valence-corrected chi connectivity index (χ4v) is 19.5. The molecule has 18 rings (SSSR count). The third-order valence-corrected chi connectivity index (χ3v) is 27.3. The number of aryl methyl sites for hydroxylation is 17. The van der Waals surface area contributed by atoms with Crippen LogP contribution >= 0.6 is 0 Å². The van der Waals surface area contributed by atoms with Crippen LogP contribution in [0.5, 0.6) is 0 Å². The van der Waals surface area contributed by atoms with Gasteiger partial charge in [0.15, 0.2) is 33.1 Å². The van der Waals surface area contributed by atoms with Gasteiger partial charge in [0.1, 0.15) is 51.6 Å². The lowest BCUT2D eigenvalue weighted by atomic mass is 9.84. The van der Waals surface area contributed by atoms with Gasteiger partial charge in [0.25, 0.3) is 38.0 Å². The molecule has 0 aliphatic heterocycles. The molecule has 0 bridgehead atoms. The Kier molecular flexibility index (Phi) is 33.4. The minimum Gasteiger partial charge on any atom is -0.232 e. The Balaban J connectivity index is 0.000000144. The summed E-state index contributed by atoms with van der Waals surface area (Å²) in [5.74, 6) is 0.475. The molecule has 12 aromatic carbocycles. The highest BCUT2D eigenvalue weighted by molar-refractivity contribution is 5.97. The Morgan fingerprint density at radius 1 is 0.280 bits per heavy atom. The topological polar surface area (TPSA) is 101 Å². The SMILES string of the molecule is CCCc1ccc2c(-c3cc(C)cc(C)c3C)[n+](C)cnc2c1.CCCc1ccc2c(-c3cc(C)cc(C)c3C)[n+](C)cnc2c1.Cc1cc(C)c(C)c(-c2c3ccc(CC(C)(C)C(F)(F)F)cc3nc[n+]2C)c1.Cc1cc(F)ccc1-c1c2ccc(C(C)C)cc2nc[n+]1C.Cc1cc(F)ccc1-c1c2ccc(CC(C)(C)C)cc2nc[n+]1C.Cc1cc(F)ccc1-c1c2ccc(CC(C)C)cc2nc[n+]1C. The van der Waals surface area contributed by atoms with E-state index in [9.17, 15) is 26.3 Å². The molecule has 18 aromatic rings. The van der Waals surface area contributed by atoms with Crippen LogP contribution in [0.15, 0.2) is 238 Å². The van der Waals surface area contributed by atoms with E-state index in [1.165, 1.54) is 143 Å². The summed E-state index contributed by atoms with van der Waals surface area (Å²) >= 11 is 0. The molecule has 18 heteroatoms. The van der Waals surface area contributed by atoms with Crippen molar-refractivity contribution in [2.75, 3.05) is 0 Å². The summed E-state index contributed by atoms with van der Waals surface area (Å²) in [6.45, 7) is 47.6. The molecule has 0 N–H and O–H groups in total. The molecule has 0 aliphatic rings. The second kappa shape index (κ2) is 44.8. The summed E-state index contributed by atoms with van der Waals surface area (Å²) in [5, 5.41) is 6.66. The van der Waals surface area contributed by atoms with Crippen molar-refractivity contribution < 1.29 is 53.7 Å². The molecule has 0 amide bonds. The summed E-state index contributed by atoms with van der Waals surface area (Å²) < 4.78 is 92.4. The monoisotopic (exact) mass is 1930 g/mol. The van der Waals surface area contributed by atoms with E-state index in [1.807, 2.05) is 123 Å². The van der Waals surface area contributed by atoms with Gasteiger partial charge in [0.05, 0.1) is 80.0 Å².